The third kappa shape index (κ3) is 1250. The standard InChI is InChI=1S/BH3.4HIO4.Os/c;4*2-1(3,4)5;/h1H3;4*2H;. The first-order valence-corrected chi connectivity index (χ1v) is 17.0. The van der Waals surface area contributed by atoms with Crippen molar-refractivity contribution in [2.45, 2.75) is 0 Å². The molecular formula is H7BI4O16Os. The Morgan fingerprint density at radius 3 is 0.364 bits per heavy atom. The van der Waals surface area contributed by atoms with E-state index in [1.165, 1.54) is 0 Å². The van der Waals surface area contributed by atoms with Crippen LogP contribution in [0.1, 0.15) is 0 Å². The Morgan fingerprint density at radius 2 is 0.364 bits per heavy atom. The normalized spacial score (nSPS) is 10.9. The van der Waals surface area contributed by atoms with Crippen LogP contribution in [0, 0.1) is 0 Å². The second-order valence-corrected chi connectivity index (χ2v) is 10.6. The van der Waals surface area contributed by atoms with Gasteiger partial charge in [0.2, 0.25) is 0 Å². The van der Waals surface area contributed by atoms with Gasteiger partial charge in [0, 0.05) is 33.5 Å². The predicted molar refractivity (Wildman–Crippen MR) is 18.8 cm³/mol. The van der Waals surface area contributed by atoms with Crippen LogP contribution in [0.25, 0.3) is 0 Å². The number of halogens is 4. The van der Waals surface area contributed by atoms with Crippen LogP contribution < -0.4 is 122 Å². The van der Waals surface area contributed by atoms with Crippen LogP contribution in [0.5, 0.6) is 0 Å². The molecule has 142 valence electrons. The van der Waals surface area contributed by atoms with Gasteiger partial charge in [0.05, 0.1) is 8.41 Å². The van der Waals surface area contributed by atoms with Crippen LogP contribution in [-0.4, -0.2) is 22.2 Å². The summed E-state index contributed by atoms with van der Waals surface area (Å²) in [6.45, 7) is 0. The molecule has 0 rings (SSSR count). The average molecular weight is 972 g/mol. The second-order valence-electron chi connectivity index (χ2n) is 1.58. The Labute approximate surface area is 161 Å². The van der Waals surface area contributed by atoms with Gasteiger partial charge in [-0.25, -0.2) is 0 Å². The molecule has 0 aromatic rings. The molecule has 0 amide bonds. The van der Waals surface area contributed by atoms with Crippen molar-refractivity contribution in [2.75, 3.05) is 0 Å². The van der Waals surface area contributed by atoms with Crippen molar-refractivity contribution in [1.82, 2.24) is 0 Å². The van der Waals surface area contributed by atoms with Gasteiger partial charge in [0.25, 0.3) is 0 Å². The van der Waals surface area contributed by atoms with Gasteiger partial charge in [-0.1, -0.05) is 0 Å². The topological polar surface area (TPSA) is 358 Å². The van der Waals surface area contributed by atoms with Crippen LogP contribution in [0.2, 0.25) is 0 Å². The van der Waals surface area contributed by atoms with Crippen LogP contribution in [0.15, 0.2) is 0 Å². The molecule has 0 aliphatic heterocycles. The van der Waals surface area contributed by atoms with Crippen LogP contribution in [-0.2, 0) is 19.8 Å². The van der Waals surface area contributed by atoms with Crippen molar-refractivity contribution in [2.24, 2.45) is 0 Å². The molecule has 4 N–H and O–H groups in total. The molecule has 0 radical (unpaired) electrons. The first-order valence-electron chi connectivity index (χ1n) is 2.53. The van der Waals surface area contributed by atoms with Crippen LogP contribution in [0.4, 0.5) is 0 Å². The average Bonchev–Trinajstić information content (AvgIpc) is 1.62. The smallest absolute Gasteiger partial charge is 0.256 e. The summed E-state index contributed by atoms with van der Waals surface area (Å²) in [4.78, 5) is 0. The summed E-state index contributed by atoms with van der Waals surface area (Å²) in [6, 6.07) is 0. The van der Waals surface area contributed by atoms with E-state index in [0.29, 0.717) is 0 Å². The molecule has 0 saturated carbocycles. The van der Waals surface area contributed by atoms with E-state index in [4.69, 9.17) is 55.0 Å². The Hall–Kier alpha value is 2.98. The molecule has 0 unspecified atom stereocenters. The SMILES string of the molecule is B.[O-][I+3]([O-])([O-])O.[O-][I+3]([O-])([O-])O.[O-][I+3]([O-])([O-])O.[O-][I+3]([O-])([O-])O.[Os]. The first kappa shape index (κ1) is 39.9. The molecule has 0 heterocycles. The Morgan fingerprint density at radius 1 is 0.364 bits per heavy atom. The van der Waals surface area contributed by atoms with E-state index in [2.05, 4.69) is 0 Å². The van der Waals surface area contributed by atoms with E-state index in [0.717, 1.165) is 0 Å². The van der Waals surface area contributed by atoms with Crippen molar-refractivity contribution in [3.8, 4) is 0 Å². The summed E-state index contributed by atoms with van der Waals surface area (Å²) in [7, 11) is 0. The summed E-state index contributed by atoms with van der Waals surface area (Å²) >= 11 is -22.8. The number of rotatable bonds is 0. The summed E-state index contributed by atoms with van der Waals surface area (Å²) in [5, 5.41) is 0. The van der Waals surface area contributed by atoms with E-state index in [1.807, 2.05) is 0 Å². The maximum atomic E-state index is 8.73. The molecule has 0 fully saturated rings. The second kappa shape index (κ2) is 17.4. The summed E-state index contributed by atoms with van der Waals surface area (Å²) < 4.78 is 133. The third-order valence-corrected chi connectivity index (χ3v) is 0. The van der Waals surface area contributed by atoms with Gasteiger partial charge in [0.1, 0.15) is 0 Å². The van der Waals surface area contributed by atoms with E-state index < -0.39 is 80.4 Å². The zero-order chi connectivity index (χ0) is 18.0. The van der Waals surface area contributed by atoms with Crippen LogP contribution in [0.3, 0.4) is 0 Å². The number of hydrogen-bond acceptors (Lipinski definition) is 16. The molecule has 0 aromatic heterocycles. The zero-order valence-electron chi connectivity index (χ0n) is 8.55. The zero-order valence-corrected chi connectivity index (χ0v) is 19.7. The van der Waals surface area contributed by atoms with E-state index in [-0.39, 0.29) is 28.2 Å². The van der Waals surface area contributed by atoms with Crippen LogP contribution >= 0.6 is 0 Å². The first-order chi connectivity index (χ1) is 8.00. The quantitative estimate of drug-likeness (QED) is 0.129. The van der Waals surface area contributed by atoms with Crippen molar-refractivity contribution in [3.05, 3.63) is 0 Å². The van der Waals surface area contributed by atoms with Gasteiger partial charge in [-0.05, 0) is 0 Å². The van der Waals surface area contributed by atoms with Gasteiger partial charge >= 0.3 is 80.4 Å². The molecule has 22 heteroatoms. The maximum Gasteiger partial charge on any atom is 0.368 e. The summed E-state index contributed by atoms with van der Waals surface area (Å²) in [5.41, 5.74) is 0. The minimum atomic E-state index is -5.69. The molecule has 0 spiro atoms. The van der Waals surface area contributed by atoms with Gasteiger partial charge < -0.3 is 0 Å². The molecule has 0 atom stereocenters. The van der Waals surface area contributed by atoms with Crippen molar-refractivity contribution in [3.63, 3.8) is 0 Å². The van der Waals surface area contributed by atoms with Crippen molar-refractivity contribution < 1.29 is 155 Å². The maximum absolute atomic E-state index is 8.73. The van der Waals surface area contributed by atoms with Gasteiger partial charge in [-0.15, -0.1) is 0 Å². The fourth-order valence-corrected chi connectivity index (χ4v) is 0. The Balaban J connectivity index is -0.0000000376. The summed E-state index contributed by atoms with van der Waals surface area (Å²) in [6.07, 6.45) is 0. The van der Waals surface area contributed by atoms with E-state index in [1.54, 1.807) is 0 Å². The van der Waals surface area contributed by atoms with Crippen molar-refractivity contribution >= 4 is 8.41 Å². The Bertz CT molecular complexity index is 136. The fraction of sp³-hybridized carbons (Fsp3) is 0. The van der Waals surface area contributed by atoms with Gasteiger partial charge in [-0.3, -0.25) is 41.2 Å². The minimum absolute atomic E-state index is 0. The molecule has 0 aliphatic carbocycles. The summed E-state index contributed by atoms with van der Waals surface area (Å²) in [5.74, 6) is 0. The molecule has 0 saturated heterocycles. The Kier molecular flexibility index (Phi) is 31.5. The molecule has 22 heavy (non-hydrogen) atoms. The monoisotopic (exact) mass is 974 g/mol. The van der Waals surface area contributed by atoms with E-state index >= 15 is 0 Å². The van der Waals surface area contributed by atoms with Gasteiger partial charge in [0.15, 0.2) is 0 Å². The molecule has 16 nitrogen and oxygen atoms in total. The fourth-order valence-electron chi connectivity index (χ4n) is 0. The predicted octanol–water partition coefficient (Wildman–Crippen LogP) is -29.7. The molecular weight excluding hydrogens is 965 g/mol. The largest absolute Gasteiger partial charge is 0.368 e. The third-order valence-electron chi connectivity index (χ3n) is 0. The number of hydrogen-bond donors (Lipinski definition) is 4. The van der Waals surface area contributed by atoms with Gasteiger partial charge in [-0.2, -0.15) is 0 Å². The molecule has 0 aliphatic rings. The molecule has 0 aromatic carbocycles. The van der Waals surface area contributed by atoms with E-state index in [9.17, 15) is 0 Å². The van der Waals surface area contributed by atoms with Crippen molar-refractivity contribution in [1.29, 1.82) is 0 Å². The minimum Gasteiger partial charge on any atom is -0.256 e. The molecule has 0 bridgehead atoms.